The molecule has 0 radical (unpaired) electrons. The highest BCUT2D eigenvalue weighted by molar-refractivity contribution is 7.98. The summed E-state index contributed by atoms with van der Waals surface area (Å²) in [5.41, 5.74) is 1.78. The van der Waals surface area contributed by atoms with Crippen molar-refractivity contribution in [3.8, 4) is 0 Å². The Morgan fingerprint density at radius 3 is 2.37 bits per heavy atom. The Kier molecular flexibility index (Phi) is 14.2. The molecule has 0 aliphatic heterocycles. The second-order valence-corrected chi connectivity index (χ2v) is 11.1. The molecule has 1 rings (SSSR count). The molecule has 214 valence electrons. The van der Waals surface area contributed by atoms with Crippen LogP contribution in [0.25, 0.3) is 0 Å². The van der Waals surface area contributed by atoms with Gasteiger partial charge in [0.05, 0.1) is 13.0 Å². The van der Waals surface area contributed by atoms with Crippen LogP contribution in [0, 0.1) is 13.8 Å². The Hall–Kier alpha value is -2.75. The van der Waals surface area contributed by atoms with Gasteiger partial charge in [-0.1, -0.05) is 30.7 Å². The van der Waals surface area contributed by atoms with E-state index < -0.39 is 35.7 Å². The molecule has 1 aromatic carbocycles. The topological polar surface area (TPSA) is 114 Å². The molecule has 0 aliphatic carbocycles. The minimum atomic E-state index is -0.943. The van der Waals surface area contributed by atoms with Crippen molar-refractivity contribution in [2.75, 3.05) is 31.7 Å². The molecule has 9 nitrogen and oxygen atoms in total. The van der Waals surface area contributed by atoms with Gasteiger partial charge in [0, 0.05) is 13.1 Å². The molecule has 0 aliphatic rings. The van der Waals surface area contributed by atoms with Crippen molar-refractivity contribution in [1.82, 2.24) is 15.5 Å². The molecule has 2 atom stereocenters. The molecule has 0 aromatic heterocycles. The van der Waals surface area contributed by atoms with Crippen LogP contribution in [-0.4, -0.2) is 72.1 Å². The quantitative estimate of drug-likeness (QED) is 0.331. The molecule has 38 heavy (non-hydrogen) atoms. The number of nitrogens with zero attached hydrogens (tertiary/aromatic N) is 1. The zero-order valence-corrected chi connectivity index (χ0v) is 25.0. The van der Waals surface area contributed by atoms with E-state index in [1.54, 1.807) is 39.5 Å². The number of rotatable bonds is 14. The summed E-state index contributed by atoms with van der Waals surface area (Å²) in [6.07, 6.45) is 2.25. The van der Waals surface area contributed by atoms with Crippen LogP contribution in [0.4, 0.5) is 4.79 Å². The molecule has 0 heterocycles. The van der Waals surface area contributed by atoms with Crippen molar-refractivity contribution in [1.29, 1.82) is 0 Å². The van der Waals surface area contributed by atoms with E-state index in [9.17, 15) is 19.2 Å². The minimum absolute atomic E-state index is 0.0252. The summed E-state index contributed by atoms with van der Waals surface area (Å²) in [6, 6.07) is 3.96. The number of carbonyl (C=O) groups is 4. The maximum Gasteiger partial charge on any atom is 0.408 e. The number of carbonyl (C=O) groups excluding carboxylic acids is 4. The third-order valence-electron chi connectivity index (χ3n) is 5.57. The van der Waals surface area contributed by atoms with Crippen molar-refractivity contribution in [3.63, 3.8) is 0 Å². The van der Waals surface area contributed by atoms with Crippen LogP contribution in [0.5, 0.6) is 0 Å². The molecule has 2 unspecified atom stereocenters. The molecule has 10 heteroatoms. The lowest BCUT2D eigenvalue weighted by Gasteiger charge is -2.35. The van der Waals surface area contributed by atoms with E-state index in [0.29, 0.717) is 30.7 Å². The first kappa shape index (κ1) is 33.3. The lowest BCUT2D eigenvalue weighted by Crippen LogP contribution is -2.53. The largest absolute Gasteiger partial charge is 0.466 e. The highest BCUT2D eigenvalue weighted by Crippen LogP contribution is 2.27. The van der Waals surface area contributed by atoms with E-state index in [2.05, 4.69) is 10.6 Å². The first-order valence-corrected chi connectivity index (χ1v) is 14.5. The maximum atomic E-state index is 14.0. The van der Waals surface area contributed by atoms with Crippen molar-refractivity contribution in [2.45, 2.75) is 85.4 Å². The Labute approximate surface area is 231 Å². The van der Waals surface area contributed by atoms with Crippen molar-refractivity contribution < 1.29 is 28.7 Å². The van der Waals surface area contributed by atoms with E-state index in [4.69, 9.17) is 9.47 Å². The van der Waals surface area contributed by atoms with Crippen LogP contribution < -0.4 is 10.6 Å². The van der Waals surface area contributed by atoms with Gasteiger partial charge in [-0.05, 0) is 77.5 Å². The van der Waals surface area contributed by atoms with Crippen molar-refractivity contribution in [2.24, 2.45) is 0 Å². The predicted molar refractivity (Wildman–Crippen MR) is 151 cm³/mol. The van der Waals surface area contributed by atoms with Gasteiger partial charge in [0.1, 0.15) is 17.7 Å². The highest BCUT2D eigenvalue weighted by atomic mass is 32.2. The number of amides is 3. The molecule has 2 N–H and O–H groups in total. The van der Waals surface area contributed by atoms with E-state index in [-0.39, 0.29) is 25.5 Å². The Bertz CT molecular complexity index is 947. The first-order valence-electron chi connectivity index (χ1n) is 13.1. The first-order chi connectivity index (χ1) is 17.8. The van der Waals surface area contributed by atoms with Crippen molar-refractivity contribution >= 4 is 35.6 Å². The van der Waals surface area contributed by atoms with Gasteiger partial charge < -0.3 is 25.0 Å². The fourth-order valence-electron chi connectivity index (χ4n) is 3.87. The maximum absolute atomic E-state index is 14.0. The molecule has 0 spiro atoms. The molecule has 0 bridgehead atoms. The molecular formula is C28H45N3O6S. The lowest BCUT2D eigenvalue weighted by atomic mass is 9.95. The van der Waals surface area contributed by atoms with Crippen LogP contribution in [0.15, 0.2) is 18.2 Å². The van der Waals surface area contributed by atoms with Crippen LogP contribution in [0.3, 0.4) is 0 Å². The number of ether oxygens (including phenoxy) is 2. The summed E-state index contributed by atoms with van der Waals surface area (Å²) in [7, 11) is 0. The Morgan fingerprint density at radius 2 is 1.79 bits per heavy atom. The number of alkyl carbamates (subject to hydrolysis) is 1. The number of hydrogen-bond acceptors (Lipinski definition) is 7. The van der Waals surface area contributed by atoms with Gasteiger partial charge in [-0.15, -0.1) is 0 Å². The Morgan fingerprint density at radius 1 is 1.11 bits per heavy atom. The minimum Gasteiger partial charge on any atom is -0.466 e. The number of hydrogen-bond donors (Lipinski definition) is 2. The predicted octanol–water partition coefficient (Wildman–Crippen LogP) is 4.30. The number of esters is 1. The molecule has 0 fully saturated rings. The van der Waals surface area contributed by atoms with E-state index >= 15 is 0 Å². The lowest BCUT2D eigenvalue weighted by molar-refractivity contribution is -0.144. The average molecular weight is 552 g/mol. The highest BCUT2D eigenvalue weighted by Gasteiger charge is 2.36. The summed E-state index contributed by atoms with van der Waals surface area (Å²) < 4.78 is 10.4. The summed E-state index contributed by atoms with van der Waals surface area (Å²) >= 11 is 1.56. The Balaban J connectivity index is 3.40. The van der Waals surface area contributed by atoms with E-state index in [1.165, 1.54) is 4.90 Å². The molecule has 3 amide bonds. The van der Waals surface area contributed by atoms with Gasteiger partial charge in [-0.25, -0.2) is 4.79 Å². The standard InChI is InChI=1S/C28H45N3O6S/c1-9-16-31(26(34)22(14-17-38-8)30-27(35)37-28(5,6)7)24(21-18-19(3)11-12-20(21)4)25(33)29-15-13-23(32)36-10-2/h11-12,18,22,24H,9-10,13-17H2,1-8H3,(H,29,33)(H,30,35). The summed E-state index contributed by atoms with van der Waals surface area (Å²) in [5, 5.41) is 5.55. The number of thioether (sulfide) groups is 1. The second kappa shape index (κ2) is 16.3. The van der Waals surface area contributed by atoms with Crippen molar-refractivity contribution in [3.05, 3.63) is 34.9 Å². The third-order valence-corrected chi connectivity index (χ3v) is 6.21. The fraction of sp³-hybridized carbons (Fsp3) is 0.643. The third kappa shape index (κ3) is 11.3. The van der Waals surface area contributed by atoms with Crippen LogP contribution in [0.1, 0.15) is 76.6 Å². The zero-order chi connectivity index (χ0) is 28.9. The number of aryl methyl sites for hydroxylation is 2. The monoisotopic (exact) mass is 551 g/mol. The number of benzene rings is 1. The average Bonchev–Trinajstić information content (AvgIpc) is 2.82. The van der Waals surface area contributed by atoms with E-state index in [0.717, 1.165) is 11.1 Å². The van der Waals surface area contributed by atoms with Gasteiger partial charge >= 0.3 is 12.1 Å². The smallest absolute Gasteiger partial charge is 0.408 e. The van der Waals surface area contributed by atoms with Gasteiger partial charge in [0.2, 0.25) is 11.8 Å². The fourth-order valence-corrected chi connectivity index (χ4v) is 4.34. The number of nitrogens with one attached hydrogen (secondary N) is 2. The molecule has 0 saturated heterocycles. The molecule has 0 saturated carbocycles. The molecular weight excluding hydrogens is 506 g/mol. The second-order valence-electron chi connectivity index (χ2n) is 10.1. The van der Waals surface area contributed by atoms with Gasteiger partial charge in [-0.3, -0.25) is 14.4 Å². The summed E-state index contributed by atoms with van der Waals surface area (Å²) in [6.45, 7) is 13.4. The van der Waals surface area contributed by atoms with Crippen LogP contribution in [-0.2, 0) is 23.9 Å². The zero-order valence-electron chi connectivity index (χ0n) is 24.1. The van der Waals surface area contributed by atoms with Gasteiger partial charge in [0.15, 0.2) is 0 Å². The SMILES string of the molecule is CCCN(C(=O)C(CCSC)NC(=O)OC(C)(C)C)C(C(=O)NCCC(=O)OCC)c1cc(C)ccc1C. The van der Waals surface area contributed by atoms with Gasteiger partial charge in [0.25, 0.3) is 0 Å². The normalized spacial score (nSPS) is 12.7. The van der Waals surface area contributed by atoms with Crippen LogP contribution >= 0.6 is 11.8 Å². The van der Waals surface area contributed by atoms with Gasteiger partial charge in [-0.2, -0.15) is 11.8 Å². The summed E-state index contributed by atoms with van der Waals surface area (Å²) in [5.74, 6) is -0.536. The van der Waals surface area contributed by atoms with Crippen LogP contribution in [0.2, 0.25) is 0 Å². The van der Waals surface area contributed by atoms with E-state index in [1.807, 2.05) is 45.2 Å². The summed E-state index contributed by atoms with van der Waals surface area (Å²) in [4.78, 5) is 53.6. The molecule has 1 aromatic rings.